The molecule has 8 nitrogen and oxygen atoms in total. The summed E-state index contributed by atoms with van der Waals surface area (Å²) in [6, 6.07) is 0. The number of piperidine rings is 2. The first kappa shape index (κ1) is 22.7. The van der Waals surface area contributed by atoms with Gasteiger partial charge in [-0.1, -0.05) is 19.8 Å². The molecule has 2 heterocycles. The van der Waals surface area contributed by atoms with Crippen LogP contribution in [0, 0.1) is 0 Å². The zero-order valence-electron chi connectivity index (χ0n) is 13.7. The molecular weight excluding hydrogens is 344 g/mol. The molecule has 2 saturated heterocycles. The lowest BCUT2D eigenvalue weighted by molar-refractivity contribution is 0.453. The Balaban J connectivity index is 0.000000339. The van der Waals surface area contributed by atoms with E-state index in [1.807, 2.05) is 0 Å². The van der Waals surface area contributed by atoms with Crippen LogP contribution >= 0.6 is 0 Å². The van der Waals surface area contributed by atoms with Crippen LogP contribution < -0.4 is 10.6 Å². The summed E-state index contributed by atoms with van der Waals surface area (Å²) in [5.74, 6) is 0. The van der Waals surface area contributed by atoms with Gasteiger partial charge in [0, 0.05) is 0 Å². The second-order valence-corrected chi connectivity index (χ2v) is 8.99. The van der Waals surface area contributed by atoms with Crippen LogP contribution in [-0.4, -0.2) is 56.7 Å². The number of nitrogens with one attached hydrogen (secondary N) is 2. The molecule has 0 amide bonds. The zero-order chi connectivity index (χ0) is 17.8. The third-order valence-electron chi connectivity index (χ3n) is 3.41. The standard InChI is InChI=1S/2C5H11N.C3H8O6S2/c2*1-2-4-6-5-3-1;1-2-3(10(4,5)6)11(7,8)9/h2*6H,1-5H2;3H,2H2,1H3,(H,4,5,6)(H,7,8,9). The van der Waals surface area contributed by atoms with Crippen LogP contribution in [0.4, 0.5) is 0 Å². The minimum absolute atomic E-state index is 0.391. The number of hydrogen-bond donors (Lipinski definition) is 4. The molecule has 140 valence electrons. The molecule has 0 bridgehead atoms. The zero-order valence-corrected chi connectivity index (χ0v) is 15.3. The Morgan fingerprint density at radius 3 is 1.09 bits per heavy atom. The summed E-state index contributed by atoms with van der Waals surface area (Å²) >= 11 is 0. The van der Waals surface area contributed by atoms with Crippen molar-refractivity contribution in [1.29, 1.82) is 0 Å². The summed E-state index contributed by atoms with van der Waals surface area (Å²) in [6.07, 6.45) is 8.04. The summed E-state index contributed by atoms with van der Waals surface area (Å²) in [7, 11) is -9.42. The van der Waals surface area contributed by atoms with Crippen LogP contribution in [0.2, 0.25) is 0 Å². The lowest BCUT2D eigenvalue weighted by atomic mass is 10.2. The van der Waals surface area contributed by atoms with Gasteiger partial charge in [0.1, 0.15) is 0 Å². The predicted octanol–water partition coefficient (Wildman–Crippen LogP) is 1.02. The van der Waals surface area contributed by atoms with E-state index < -0.39 is 31.2 Å². The Morgan fingerprint density at radius 2 is 1.04 bits per heavy atom. The highest BCUT2D eigenvalue weighted by Gasteiger charge is 2.33. The van der Waals surface area contributed by atoms with Crippen LogP contribution in [0.25, 0.3) is 0 Å². The largest absolute Gasteiger partial charge is 0.317 e. The molecule has 4 N–H and O–H groups in total. The Kier molecular flexibility index (Phi) is 12.0. The van der Waals surface area contributed by atoms with Crippen molar-refractivity contribution in [2.75, 3.05) is 26.2 Å². The highest BCUT2D eigenvalue weighted by atomic mass is 32.3. The van der Waals surface area contributed by atoms with Gasteiger partial charge in [-0.25, -0.2) is 0 Å². The van der Waals surface area contributed by atoms with Crippen LogP contribution in [-0.2, 0) is 20.2 Å². The Bertz CT molecular complexity index is 418. The first-order valence-corrected chi connectivity index (χ1v) is 11.0. The fourth-order valence-corrected chi connectivity index (χ4v) is 4.25. The topological polar surface area (TPSA) is 133 Å². The third-order valence-corrected chi connectivity index (χ3v) is 6.87. The summed E-state index contributed by atoms with van der Waals surface area (Å²) in [6.45, 7) is 6.21. The van der Waals surface area contributed by atoms with Gasteiger partial charge in [0.05, 0.1) is 0 Å². The number of hydrogen-bond acceptors (Lipinski definition) is 6. The minimum Gasteiger partial charge on any atom is -0.317 e. The fourth-order valence-electron chi connectivity index (χ4n) is 2.18. The van der Waals surface area contributed by atoms with E-state index in [9.17, 15) is 16.8 Å². The highest BCUT2D eigenvalue weighted by molar-refractivity contribution is 8.03. The van der Waals surface area contributed by atoms with Crippen LogP contribution in [0.5, 0.6) is 0 Å². The SMILES string of the molecule is C1CCNCC1.C1CCNCC1.CCC(S(=O)(=O)O)S(=O)(=O)O. The molecule has 0 saturated carbocycles. The van der Waals surface area contributed by atoms with E-state index in [1.54, 1.807) is 0 Å². The van der Waals surface area contributed by atoms with E-state index >= 15 is 0 Å². The van der Waals surface area contributed by atoms with E-state index in [4.69, 9.17) is 9.11 Å². The molecule has 2 fully saturated rings. The van der Waals surface area contributed by atoms with Crippen molar-refractivity contribution in [2.45, 2.75) is 56.5 Å². The first-order valence-electron chi connectivity index (χ1n) is 8.03. The Hall–Kier alpha value is -0.260. The Morgan fingerprint density at radius 1 is 0.739 bits per heavy atom. The van der Waals surface area contributed by atoms with Gasteiger partial charge in [0.15, 0.2) is 0 Å². The van der Waals surface area contributed by atoms with Gasteiger partial charge in [-0.2, -0.15) is 16.8 Å². The molecule has 0 aromatic rings. The molecule has 0 aliphatic carbocycles. The smallest absolute Gasteiger partial charge is 0.284 e. The molecule has 2 rings (SSSR count). The lowest BCUT2D eigenvalue weighted by Crippen LogP contribution is -2.28. The van der Waals surface area contributed by atoms with Crippen molar-refractivity contribution in [1.82, 2.24) is 10.6 Å². The third kappa shape index (κ3) is 12.8. The van der Waals surface area contributed by atoms with Gasteiger partial charge < -0.3 is 10.6 Å². The van der Waals surface area contributed by atoms with Crippen LogP contribution in [0.3, 0.4) is 0 Å². The van der Waals surface area contributed by atoms with E-state index in [0.717, 1.165) is 0 Å². The molecule has 0 aromatic heterocycles. The summed E-state index contributed by atoms with van der Waals surface area (Å²) in [5.41, 5.74) is 0. The van der Waals surface area contributed by atoms with E-state index in [2.05, 4.69) is 10.6 Å². The molecule has 0 atom stereocenters. The molecule has 0 radical (unpaired) electrons. The quantitative estimate of drug-likeness (QED) is 0.538. The van der Waals surface area contributed by atoms with Crippen molar-refractivity contribution in [3.8, 4) is 0 Å². The molecule has 10 heteroatoms. The highest BCUT2D eigenvalue weighted by Crippen LogP contribution is 2.09. The maximum absolute atomic E-state index is 10.2. The molecule has 0 unspecified atom stereocenters. The van der Waals surface area contributed by atoms with E-state index in [-0.39, 0.29) is 0 Å². The van der Waals surface area contributed by atoms with Gasteiger partial charge >= 0.3 is 0 Å². The predicted molar refractivity (Wildman–Crippen MR) is 90.6 cm³/mol. The second-order valence-electron chi connectivity index (χ2n) is 5.49. The van der Waals surface area contributed by atoms with E-state index in [1.165, 1.54) is 71.6 Å². The molecule has 2 aliphatic rings. The molecule has 23 heavy (non-hydrogen) atoms. The maximum atomic E-state index is 10.2. The monoisotopic (exact) mass is 374 g/mol. The normalized spacial score (nSPS) is 19.1. The van der Waals surface area contributed by atoms with Crippen LogP contribution in [0.15, 0.2) is 0 Å². The summed E-state index contributed by atoms with van der Waals surface area (Å²) < 4.78 is 55.3. The van der Waals surface area contributed by atoms with Gasteiger partial charge in [0.25, 0.3) is 20.2 Å². The summed E-state index contributed by atoms with van der Waals surface area (Å²) in [4.78, 5) is 0. The number of rotatable bonds is 3. The van der Waals surface area contributed by atoms with Crippen molar-refractivity contribution >= 4 is 20.2 Å². The first-order chi connectivity index (χ1) is 10.7. The van der Waals surface area contributed by atoms with Crippen molar-refractivity contribution in [2.24, 2.45) is 0 Å². The van der Waals surface area contributed by atoms with Crippen molar-refractivity contribution < 1.29 is 25.9 Å². The maximum Gasteiger partial charge on any atom is 0.284 e. The molecule has 2 aliphatic heterocycles. The van der Waals surface area contributed by atoms with Crippen molar-refractivity contribution in [3.63, 3.8) is 0 Å². The summed E-state index contributed by atoms with van der Waals surface area (Å²) in [5, 5.41) is 6.57. The average Bonchev–Trinajstić information content (AvgIpc) is 2.50. The Labute approximate surface area is 139 Å². The lowest BCUT2D eigenvalue weighted by Gasteiger charge is -2.08. The fraction of sp³-hybridized carbons (Fsp3) is 1.00. The second kappa shape index (κ2) is 12.2. The molecule has 0 spiro atoms. The molecular formula is C13H30N2O6S2. The van der Waals surface area contributed by atoms with Gasteiger partial charge in [-0.05, 0) is 58.3 Å². The van der Waals surface area contributed by atoms with Gasteiger partial charge in [-0.15, -0.1) is 0 Å². The van der Waals surface area contributed by atoms with Gasteiger partial charge in [0.2, 0.25) is 4.58 Å². The minimum atomic E-state index is -4.71. The molecule has 0 aromatic carbocycles. The van der Waals surface area contributed by atoms with Crippen LogP contribution in [0.1, 0.15) is 51.9 Å². The van der Waals surface area contributed by atoms with Gasteiger partial charge in [-0.3, -0.25) is 9.11 Å². The van der Waals surface area contributed by atoms with Crippen molar-refractivity contribution in [3.05, 3.63) is 0 Å². The average molecular weight is 375 g/mol. The van der Waals surface area contributed by atoms with E-state index in [0.29, 0.717) is 0 Å².